The molecule has 20 heavy (non-hydrogen) atoms. The van der Waals surface area contributed by atoms with Crippen LogP contribution in [0.3, 0.4) is 0 Å². The molecule has 0 spiro atoms. The minimum atomic E-state index is 0.0127. The number of carbonyl (C=O) groups excluding carboxylic acids is 1. The van der Waals surface area contributed by atoms with E-state index >= 15 is 0 Å². The van der Waals surface area contributed by atoms with Gasteiger partial charge in [-0.25, -0.2) is 4.98 Å². The van der Waals surface area contributed by atoms with Crippen molar-refractivity contribution in [2.75, 3.05) is 17.6 Å². The molecule has 1 aliphatic carbocycles. The molecule has 1 aromatic rings. The molecular weight excluding hydrogens is 272 g/mol. The molecular formula is C14H24N4OS. The highest BCUT2D eigenvalue weighted by Gasteiger charge is 2.30. The molecule has 0 bridgehead atoms. The van der Waals surface area contributed by atoms with E-state index in [-0.39, 0.29) is 18.0 Å². The van der Waals surface area contributed by atoms with Crippen LogP contribution in [0.5, 0.6) is 0 Å². The Morgan fingerprint density at radius 3 is 2.60 bits per heavy atom. The molecule has 1 amide bonds. The molecule has 1 aliphatic rings. The van der Waals surface area contributed by atoms with Crippen molar-refractivity contribution in [1.29, 1.82) is 0 Å². The van der Waals surface area contributed by atoms with Crippen LogP contribution in [0.15, 0.2) is 0 Å². The largest absolute Gasteiger partial charge is 0.382 e. The predicted octanol–water partition coefficient (Wildman–Crippen LogP) is 2.81. The molecule has 0 saturated heterocycles. The fourth-order valence-corrected chi connectivity index (χ4v) is 3.02. The SMILES string of the molecule is CC(C)Nc1nc(N)c(C(=O)N(CC2CC2)C(C)C)s1. The van der Waals surface area contributed by atoms with Crippen LogP contribution in [0.2, 0.25) is 0 Å². The lowest BCUT2D eigenvalue weighted by molar-refractivity contribution is 0.0702. The van der Waals surface area contributed by atoms with E-state index < -0.39 is 0 Å². The molecule has 6 heteroatoms. The van der Waals surface area contributed by atoms with Crippen molar-refractivity contribution >= 4 is 28.2 Å². The van der Waals surface area contributed by atoms with Crippen molar-refractivity contribution in [3.63, 3.8) is 0 Å². The summed E-state index contributed by atoms with van der Waals surface area (Å²) in [7, 11) is 0. The first-order valence-electron chi connectivity index (χ1n) is 7.22. The average Bonchev–Trinajstić information content (AvgIpc) is 3.08. The van der Waals surface area contributed by atoms with Crippen LogP contribution >= 0.6 is 11.3 Å². The highest BCUT2D eigenvalue weighted by Crippen LogP contribution is 2.32. The number of nitrogen functional groups attached to an aromatic ring is 1. The van der Waals surface area contributed by atoms with Gasteiger partial charge in [-0.1, -0.05) is 11.3 Å². The third-order valence-electron chi connectivity index (χ3n) is 3.30. The molecule has 1 heterocycles. The monoisotopic (exact) mass is 296 g/mol. The fraction of sp³-hybridized carbons (Fsp3) is 0.714. The van der Waals surface area contributed by atoms with E-state index in [4.69, 9.17) is 5.73 Å². The summed E-state index contributed by atoms with van der Waals surface area (Å²) >= 11 is 1.35. The Kier molecular flexibility index (Phi) is 4.52. The predicted molar refractivity (Wildman–Crippen MR) is 84.2 cm³/mol. The molecule has 5 nitrogen and oxygen atoms in total. The molecule has 1 fully saturated rings. The molecule has 3 N–H and O–H groups in total. The normalized spacial score (nSPS) is 14.9. The Bertz CT molecular complexity index is 480. The van der Waals surface area contributed by atoms with Crippen molar-refractivity contribution < 1.29 is 4.79 Å². The Morgan fingerprint density at radius 2 is 2.10 bits per heavy atom. The standard InChI is InChI=1S/C14H24N4OS/c1-8(2)16-14-17-12(15)11(20-14)13(19)18(9(3)4)7-10-5-6-10/h8-10H,5-7,15H2,1-4H3,(H,16,17). The number of carbonyl (C=O) groups is 1. The lowest BCUT2D eigenvalue weighted by Crippen LogP contribution is -2.38. The average molecular weight is 296 g/mol. The maximum absolute atomic E-state index is 12.7. The Labute approximate surface area is 124 Å². The molecule has 0 aliphatic heterocycles. The minimum absolute atomic E-state index is 0.0127. The Hall–Kier alpha value is -1.30. The van der Waals surface area contributed by atoms with Gasteiger partial charge in [0.05, 0.1) is 0 Å². The van der Waals surface area contributed by atoms with Gasteiger partial charge in [0.1, 0.15) is 10.7 Å². The molecule has 1 saturated carbocycles. The van der Waals surface area contributed by atoms with Gasteiger partial charge in [-0.2, -0.15) is 0 Å². The summed E-state index contributed by atoms with van der Waals surface area (Å²) in [6.07, 6.45) is 2.46. The van der Waals surface area contributed by atoms with Gasteiger partial charge in [-0.15, -0.1) is 0 Å². The van der Waals surface area contributed by atoms with Crippen molar-refractivity contribution in [1.82, 2.24) is 9.88 Å². The fourth-order valence-electron chi connectivity index (χ4n) is 2.03. The van der Waals surface area contributed by atoms with Crippen molar-refractivity contribution in [3.8, 4) is 0 Å². The van der Waals surface area contributed by atoms with E-state index in [0.717, 1.165) is 11.7 Å². The zero-order valence-corrected chi connectivity index (χ0v) is 13.5. The molecule has 1 aromatic heterocycles. The maximum atomic E-state index is 12.7. The number of aromatic nitrogens is 1. The van der Waals surface area contributed by atoms with Crippen molar-refractivity contribution in [3.05, 3.63) is 4.88 Å². The van der Waals surface area contributed by atoms with Crippen LogP contribution in [0.25, 0.3) is 0 Å². The van der Waals surface area contributed by atoms with Gasteiger partial charge >= 0.3 is 0 Å². The van der Waals surface area contributed by atoms with Crippen LogP contribution in [0, 0.1) is 5.92 Å². The van der Waals surface area contributed by atoms with E-state index in [9.17, 15) is 4.79 Å². The van der Waals surface area contributed by atoms with Gasteiger partial charge in [0, 0.05) is 18.6 Å². The molecule has 2 rings (SSSR count). The van der Waals surface area contributed by atoms with Crippen LogP contribution < -0.4 is 11.1 Å². The summed E-state index contributed by atoms with van der Waals surface area (Å²) in [5.41, 5.74) is 5.91. The molecule has 0 unspecified atom stereocenters. The second-order valence-electron chi connectivity index (χ2n) is 6.03. The van der Waals surface area contributed by atoms with Crippen molar-refractivity contribution in [2.24, 2.45) is 5.92 Å². The molecule has 0 aromatic carbocycles. The summed E-state index contributed by atoms with van der Waals surface area (Å²) in [6.45, 7) is 9.00. The topological polar surface area (TPSA) is 71.2 Å². The first kappa shape index (κ1) is 15.1. The zero-order chi connectivity index (χ0) is 14.9. The molecule has 0 radical (unpaired) electrons. The van der Waals surface area contributed by atoms with E-state index in [1.54, 1.807) is 0 Å². The number of nitrogens with zero attached hydrogens (tertiary/aromatic N) is 2. The van der Waals surface area contributed by atoms with E-state index in [1.807, 2.05) is 32.6 Å². The zero-order valence-electron chi connectivity index (χ0n) is 12.6. The quantitative estimate of drug-likeness (QED) is 0.847. The summed E-state index contributed by atoms with van der Waals surface area (Å²) in [5, 5.41) is 3.92. The number of nitrogens with one attached hydrogen (secondary N) is 1. The highest BCUT2D eigenvalue weighted by atomic mass is 32.1. The van der Waals surface area contributed by atoms with E-state index in [1.165, 1.54) is 24.2 Å². The summed E-state index contributed by atoms with van der Waals surface area (Å²) < 4.78 is 0. The number of hydrogen-bond acceptors (Lipinski definition) is 5. The number of nitrogens with two attached hydrogens (primary N) is 1. The van der Waals surface area contributed by atoms with Crippen LogP contribution in [-0.4, -0.2) is 34.4 Å². The molecule has 112 valence electrons. The Morgan fingerprint density at radius 1 is 1.45 bits per heavy atom. The lowest BCUT2D eigenvalue weighted by Gasteiger charge is -2.26. The number of amides is 1. The second kappa shape index (κ2) is 5.99. The van der Waals surface area contributed by atoms with Gasteiger partial charge < -0.3 is 16.0 Å². The van der Waals surface area contributed by atoms with Crippen LogP contribution in [-0.2, 0) is 0 Å². The van der Waals surface area contributed by atoms with E-state index in [2.05, 4.69) is 10.3 Å². The summed E-state index contributed by atoms with van der Waals surface area (Å²) in [5.74, 6) is 1.02. The third-order valence-corrected chi connectivity index (χ3v) is 4.29. The third kappa shape index (κ3) is 3.62. The van der Waals surface area contributed by atoms with Crippen LogP contribution in [0.4, 0.5) is 10.9 Å². The van der Waals surface area contributed by atoms with Crippen molar-refractivity contribution in [2.45, 2.75) is 52.6 Å². The summed E-state index contributed by atoms with van der Waals surface area (Å²) in [4.78, 5) is 19.4. The highest BCUT2D eigenvalue weighted by molar-refractivity contribution is 7.18. The van der Waals surface area contributed by atoms with Crippen LogP contribution in [0.1, 0.15) is 50.2 Å². The second-order valence-corrected chi connectivity index (χ2v) is 7.03. The lowest BCUT2D eigenvalue weighted by atomic mass is 10.2. The summed E-state index contributed by atoms with van der Waals surface area (Å²) in [6, 6.07) is 0.460. The van der Waals surface area contributed by atoms with Gasteiger partial charge in [0.25, 0.3) is 5.91 Å². The smallest absolute Gasteiger partial charge is 0.268 e. The van der Waals surface area contributed by atoms with Gasteiger partial charge in [-0.3, -0.25) is 4.79 Å². The Balaban J connectivity index is 2.15. The number of thiazole rings is 1. The number of rotatable bonds is 6. The van der Waals surface area contributed by atoms with Gasteiger partial charge in [0.2, 0.25) is 0 Å². The minimum Gasteiger partial charge on any atom is -0.382 e. The van der Waals surface area contributed by atoms with E-state index in [0.29, 0.717) is 16.6 Å². The van der Waals surface area contributed by atoms with Gasteiger partial charge in [-0.05, 0) is 46.5 Å². The first-order chi connectivity index (χ1) is 9.38. The first-order valence-corrected chi connectivity index (χ1v) is 8.04. The number of hydrogen-bond donors (Lipinski definition) is 2. The number of anilines is 2. The molecule has 0 atom stereocenters. The maximum Gasteiger partial charge on any atom is 0.268 e. The van der Waals surface area contributed by atoms with Gasteiger partial charge in [0.15, 0.2) is 5.13 Å².